The molecule has 0 amide bonds. The van der Waals surface area contributed by atoms with Crippen molar-refractivity contribution in [2.75, 3.05) is 5.32 Å². The highest BCUT2D eigenvalue weighted by Gasteiger charge is 2.33. The van der Waals surface area contributed by atoms with Gasteiger partial charge >= 0.3 is 12.1 Å². The van der Waals surface area contributed by atoms with Crippen LogP contribution in [0.4, 0.5) is 24.7 Å². The standard InChI is InChI=1S/C13H8ClF3N2O2/c14-7-1-3-8(4-2-7)18-11-9(12(20)21)5-6-10(19-11)13(15,16)17/h1-6H,(H,18,19)(H,20,21). The van der Waals surface area contributed by atoms with E-state index < -0.39 is 17.8 Å². The molecule has 1 aromatic carbocycles. The summed E-state index contributed by atoms with van der Waals surface area (Å²) in [7, 11) is 0. The first-order valence-corrected chi connectivity index (χ1v) is 5.99. The van der Waals surface area contributed by atoms with Crippen molar-refractivity contribution in [2.24, 2.45) is 0 Å². The molecule has 8 heteroatoms. The van der Waals surface area contributed by atoms with Crippen molar-refractivity contribution in [3.63, 3.8) is 0 Å². The predicted octanol–water partition coefficient (Wildman–Crippen LogP) is 4.20. The van der Waals surface area contributed by atoms with Crippen LogP contribution >= 0.6 is 11.6 Å². The first-order chi connectivity index (χ1) is 9.77. The largest absolute Gasteiger partial charge is 0.478 e. The Hall–Kier alpha value is -2.28. The lowest BCUT2D eigenvalue weighted by Crippen LogP contribution is -2.12. The van der Waals surface area contributed by atoms with Crippen LogP contribution in [0.3, 0.4) is 0 Å². The number of pyridine rings is 1. The Bertz CT molecular complexity index is 672. The van der Waals surface area contributed by atoms with Crippen molar-refractivity contribution < 1.29 is 23.1 Å². The summed E-state index contributed by atoms with van der Waals surface area (Å²) in [5.74, 6) is -1.77. The number of nitrogens with zero attached hydrogens (tertiary/aromatic N) is 1. The topological polar surface area (TPSA) is 62.2 Å². The van der Waals surface area contributed by atoms with E-state index in [2.05, 4.69) is 10.3 Å². The van der Waals surface area contributed by atoms with Gasteiger partial charge in [0.1, 0.15) is 17.1 Å². The molecule has 0 atom stereocenters. The fraction of sp³-hybridized carbons (Fsp3) is 0.0769. The van der Waals surface area contributed by atoms with Crippen molar-refractivity contribution in [1.82, 2.24) is 4.98 Å². The fourth-order valence-electron chi connectivity index (χ4n) is 1.55. The van der Waals surface area contributed by atoms with E-state index in [1.54, 1.807) is 0 Å². The molecule has 0 fully saturated rings. The van der Waals surface area contributed by atoms with Crippen LogP contribution in [0, 0.1) is 0 Å². The lowest BCUT2D eigenvalue weighted by atomic mass is 10.2. The van der Waals surface area contributed by atoms with Crippen LogP contribution in [0.2, 0.25) is 5.02 Å². The number of nitrogens with one attached hydrogen (secondary N) is 1. The van der Waals surface area contributed by atoms with Crippen LogP contribution in [0.5, 0.6) is 0 Å². The molecule has 4 nitrogen and oxygen atoms in total. The fourth-order valence-corrected chi connectivity index (χ4v) is 1.68. The van der Waals surface area contributed by atoms with Gasteiger partial charge in [-0.1, -0.05) is 11.6 Å². The molecule has 0 unspecified atom stereocenters. The van der Waals surface area contributed by atoms with Crippen LogP contribution in [0.1, 0.15) is 16.1 Å². The third kappa shape index (κ3) is 3.63. The minimum Gasteiger partial charge on any atom is -0.478 e. The van der Waals surface area contributed by atoms with E-state index in [4.69, 9.17) is 16.7 Å². The maximum absolute atomic E-state index is 12.6. The first kappa shape index (κ1) is 15.1. The molecule has 0 saturated carbocycles. The lowest BCUT2D eigenvalue weighted by Gasteiger charge is -2.12. The van der Waals surface area contributed by atoms with Crippen LogP contribution in [0.25, 0.3) is 0 Å². The van der Waals surface area contributed by atoms with Gasteiger partial charge in [0.15, 0.2) is 0 Å². The number of carbonyl (C=O) groups is 1. The third-order valence-corrected chi connectivity index (χ3v) is 2.78. The molecule has 2 N–H and O–H groups in total. The Morgan fingerprint density at radius 3 is 2.29 bits per heavy atom. The van der Waals surface area contributed by atoms with Gasteiger partial charge in [0.05, 0.1) is 0 Å². The number of rotatable bonds is 3. The highest BCUT2D eigenvalue weighted by molar-refractivity contribution is 6.30. The van der Waals surface area contributed by atoms with E-state index in [0.29, 0.717) is 16.8 Å². The molecule has 1 aromatic heterocycles. The number of aromatic carboxylic acids is 1. The summed E-state index contributed by atoms with van der Waals surface area (Å²) in [5, 5.41) is 12.0. The summed E-state index contributed by atoms with van der Waals surface area (Å²) in [6.07, 6.45) is -4.66. The maximum atomic E-state index is 12.6. The lowest BCUT2D eigenvalue weighted by molar-refractivity contribution is -0.141. The van der Waals surface area contributed by atoms with Gasteiger partial charge in [-0.2, -0.15) is 13.2 Å². The summed E-state index contributed by atoms with van der Waals surface area (Å²) in [5.41, 5.74) is -1.17. The van der Waals surface area contributed by atoms with Gasteiger partial charge in [-0.05, 0) is 36.4 Å². The summed E-state index contributed by atoms with van der Waals surface area (Å²) >= 11 is 5.70. The molecule has 0 aliphatic carbocycles. The molecule has 0 bridgehead atoms. The second-order valence-corrected chi connectivity index (χ2v) is 4.46. The number of alkyl halides is 3. The number of carboxylic acids is 1. The molecule has 2 rings (SSSR count). The van der Waals surface area contributed by atoms with Gasteiger partial charge in [0, 0.05) is 10.7 Å². The van der Waals surface area contributed by atoms with E-state index in [-0.39, 0.29) is 11.4 Å². The number of aromatic nitrogens is 1. The molecule has 0 saturated heterocycles. The zero-order valence-electron chi connectivity index (χ0n) is 10.3. The van der Waals surface area contributed by atoms with Gasteiger partial charge in [0.25, 0.3) is 0 Å². The molecule has 0 radical (unpaired) electrons. The summed E-state index contributed by atoms with van der Waals surface area (Å²) < 4.78 is 37.9. The quantitative estimate of drug-likeness (QED) is 0.891. The average Bonchev–Trinajstić information content (AvgIpc) is 2.40. The van der Waals surface area contributed by atoms with Crippen molar-refractivity contribution in [3.8, 4) is 0 Å². The molecule has 1 heterocycles. The highest BCUT2D eigenvalue weighted by Crippen LogP contribution is 2.30. The van der Waals surface area contributed by atoms with Crippen LogP contribution in [0.15, 0.2) is 36.4 Å². The average molecular weight is 317 g/mol. The molecular formula is C13H8ClF3N2O2. The summed E-state index contributed by atoms with van der Waals surface area (Å²) in [4.78, 5) is 14.4. The zero-order valence-corrected chi connectivity index (χ0v) is 11.0. The number of halogens is 4. The van der Waals surface area contributed by atoms with Crippen LogP contribution in [-0.2, 0) is 6.18 Å². The molecule has 0 aliphatic heterocycles. The molecule has 0 aliphatic rings. The molecule has 110 valence electrons. The minimum atomic E-state index is -4.66. The van der Waals surface area contributed by atoms with Gasteiger partial charge in [-0.15, -0.1) is 0 Å². The zero-order chi connectivity index (χ0) is 15.6. The van der Waals surface area contributed by atoms with Gasteiger partial charge in [-0.3, -0.25) is 0 Å². The van der Waals surface area contributed by atoms with E-state index >= 15 is 0 Å². The van der Waals surface area contributed by atoms with Gasteiger partial charge < -0.3 is 10.4 Å². The van der Waals surface area contributed by atoms with E-state index in [1.807, 2.05) is 0 Å². The Kier molecular flexibility index (Phi) is 4.04. The Morgan fingerprint density at radius 1 is 1.14 bits per heavy atom. The van der Waals surface area contributed by atoms with Crippen molar-refractivity contribution in [3.05, 3.63) is 52.7 Å². The second-order valence-electron chi connectivity index (χ2n) is 4.03. The number of carboxylic acid groups (broad SMARTS) is 1. The first-order valence-electron chi connectivity index (χ1n) is 5.61. The summed E-state index contributed by atoms with van der Waals surface area (Å²) in [6.45, 7) is 0. The Morgan fingerprint density at radius 2 is 1.76 bits per heavy atom. The number of hydrogen-bond donors (Lipinski definition) is 2. The highest BCUT2D eigenvalue weighted by atomic mass is 35.5. The van der Waals surface area contributed by atoms with Crippen molar-refractivity contribution in [1.29, 1.82) is 0 Å². The van der Waals surface area contributed by atoms with E-state index in [0.717, 1.165) is 6.07 Å². The monoisotopic (exact) mass is 316 g/mol. The van der Waals surface area contributed by atoms with E-state index in [9.17, 15) is 18.0 Å². The number of hydrogen-bond acceptors (Lipinski definition) is 3. The van der Waals surface area contributed by atoms with Crippen LogP contribution < -0.4 is 5.32 Å². The maximum Gasteiger partial charge on any atom is 0.433 e. The van der Waals surface area contributed by atoms with Crippen LogP contribution in [-0.4, -0.2) is 16.1 Å². The van der Waals surface area contributed by atoms with Gasteiger partial charge in [-0.25, -0.2) is 9.78 Å². The molecule has 0 spiro atoms. The van der Waals surface area contributed by atoms with Crippen molar-refractivity contribution >= 4 is 29.1 Å². The predicted molar refractivity (Wildman–Crippen MR) is 70.9 cm³/mol. The third-order valence-electron chi connectivity index (χ3n) is 2.52. The minimum absolute atomic E-state index is 0.363. The number of benzene rings is 1. The smallest absolute Gasteiger partial charge is 0.433 e. The van der Waals surface area contributed by atoms with Gasteiger partial charge in [0.2, 0.25) is 0 Å². The SMILES string of the molecule is O=C(O)c1ccc(C(F)(F)F)nc1Nc1ccc(Cl)cc1. The second kappa shape index (κ2) is 5.61. The Labute approximate surface area is 122 Å². The molecule has 21 heavy (non-hydrogen) atoms. The van der Waals surface area contributed by atoms with E-state index in [1.165, 1.54) is 24.3 Å². The normalized spacial score (nSPS) is 11.2. The number of anilines is 2. The molecular weight excluding hydrogens is 309 g/mol. The summed E-state index contributed by atoms with van der Waals surface area (Å²) in [6, 6.07) is 7.49. The van der Waals surface area contributed by atoms with Crippen molar-refractivity contribution in [2.45, 2.75) is 6.18 Å². The molecule has 2 aromatic rings. The Balaban J connectivity index is 2.43.